The lowest BCUT2D eigenvalue weighted by atomic mass is 9.74. The van der Waals surface area contributed by atoms with Crippen LogP contribution < -0.4 is 0 Å². The van der Waals surface area contributed by atoms with Gasteiger partial charge in [0.15, 0.2) is 0 Å². The number of nitrogens with zero attached hydrogens (tertiary/aromatic N) is 3. The molecule has 0 saturated carbocycles. The number of piperidine rings is 1. The smallest absolute Gasteiger partial charge is 0.335 e. The Balaban J connectivity index is 2.17. The molecule has 1 aliphatic heterocycles. The lowest BCUT2D eigenvalue weighted by Crippen LogP contribution is -2.49. The van der Waals surface area contributed by atoms with Crippen molar-refractivity contribution in [2.45, 2.75) is 24.4 Å². The van der Waals surface area contributed by atoms with Crippen molar-refractivity contribution >= 4 is 17.7 Å². The van der Waals surface area contributed by atoms with Crippen LogP contribution in [0.4, 0.5) is 18.9 Å². The molecule has 2 rings (SSSR count). The summed E-state index contributed by atoms with van der Waals surface area (Å²) < 4.78 is 37.4. The third kappa shape index (κ3) is 3.41. The number of amides is 1. The SMILES string of the molecule is N#CC1(c2ccc(N=C=O)cc2)CCN(C(=O)C(F)(F)F)CC1. The summed E-state index contributed by atoms with van der Waals surface area (Å²) in [5.74, 6) is -1.88. The average molecular weight is 323 g/mol. The quantitative estimate of drug-likeness (QED) is 0.620. The van der Waals surface area contributed by atoms with Gasteiger partial charge in [-0.2, -0.15) is 23.4 Å². The second-order valence-corrected chi connectivity index (χ2v) is 5.23. The minimum atomic E-state index is -4.90. The van der Waals surface area contributed by atoms with E-state index in [2.05, 4.69) is 11.1 Å². The third-order valence-corrected chi connectivity index (χ3v) is 3.96. The van der Waals surface area contributed by atoms with Crippen LogP contribution in [0.5, 0.6) is 0 Å². The minimum absolute atomic E-state index is 0.113. The molecule has 0 atom stereocenters. The van der Waals surface area contributed by atoms with Gasteiger partial charge in [0.05, 0.1) is 17.2 Å². The molecule has 1 amide bonds. The molecule has 0 aliphatic carbocycles. The summed E-state index contributed by atoms with van der Waals surface area (Å²) >= 11 is 0. The van der Waals surface area contributed by atoms with Crippen molar-refractivity contribution in [3.63, 3.8) is 0 Å². The van der Waals surface area contributed by atoms with E-state index in [1.54, 1.807) is 12.1 Å². The number of aliphatic imine (C=N–C) groups is 1. The highest BCUT2D eigenvalue weighted by Crippen LogP contribution is 2.36. The monoisotopic (exact) mass is 323 g/mol. The highest BCUT2D eigenvalue weighted by atomic mass is 19.4. The molecule has 0 radical (unpaired) electrons. The van der Waals surface area contributed by atoms with Crippen LogP contribution in [0, 0.1) is 11.3 Å². The van der Waals surface area contributed by atoms with Crippen molar-refractivity contribution in [3.8, 4) is 6.07 Å². The summed E-state index contributed by atoms with van der Waals surface area (Å²) in [6, 6.07) is 8.45. The molecule has 1 aliphatic rings. The van der Waals surface area contributed by atoms with Crippen LogP contribution in [0.15, 0.2) is 29.3 Å². The molecule has 8 heteroatoms. The molecule has 1 aromatic carbocycles. The maximum absolute atomic E-state index is 12.5. The number of isocyanates is 1. The van der Waals surface area contributed by atoms with Crippen molar-refractivity contribution in [2.75, 3.05) is 13.1 Å². The van der Waals surface area contributed by atoms with Gasteiger partial charge in [0, 0.05) is 13.1 Å². The van der Waals surface area contributed by atoms with E-state index in [0.29, 0.717) is 11.3 Å². The van der Waals surface area contributed by atoms with E-state index in [4.69, 9.17) is 0 Å². The lowest BCUT2D eigenvalue weighted by molar-refractivity contribution is -0.186. The normalized spacial score (nSPS) is 17.0. The van der Waals surface area contributed by atoms with Crippen LogP contribution in [-0.4, -0.2) is 36.2 Å². The lowest BCUT2D eigenvalue weighted by Gasteiger charge is -2.37. The molecule has 0 unspecified atom stereocenters. The molecule has 0 N–H and O–H groups in total. The van der Waals surface area contributed by atoms with Gasteiger partial charge in [-0.3, -0.25) is 4.79 Å². The highest BCUT2D eigenvalue weighted by molar-refractivity contribution is 5.82. The van der Waals surface area contributed by atoms with Crippen LogP contribution in [0.1, 0.15) is 18.4 Å². The molecular formula is C15H12F3N3O2. The summed E-state index contributed by atoms with van der Waals surface area (Å²) in [5.41, 5.74) is 0.0525. The summed E-state index contributed by atoms with van der Waals surface area (Å²) in [6.07, 6.45) is -3.28. The molecule has 0 spiro atoms. The maximum Gasteiger partial charge on any atom is 0.471 e. The number of carbonyl (C=O) groups excluding carboxylic acids is 2. The highest BCUT2D eigenvalue weighted by Gasteiger charge is 2.46. The van der Waals surface area contributed by atoms with Gasteiger partial charge in [0.2, 0.25) is 6.08 Å². The fourth-order valence-corrected chi connectivity index (χ4v) is 2.64. The number of alkyl halides is 3. The number of hydrogen-bond donors (Lipinski definition) is 0. The zero-order valence-corrected chi connectivity index (χ0v) is 11.9. The Morgan fingerprint density at radius 1 is 1.22 bits per heavy atom. The van der Waals surface area contributed by atoms with E-state index in [0.717, 1.165) is 4.90 Å². The molecule has 23 heavy (non-hydrogen) atoms. The van der Waals surface area contributed by atoms with Crippen molar-refractivity contribution < 1.29 is 22.8 Å². The Bertz CT molecular complexity index is 677. The van der Waals surface area contributed by atoms with Crippen LogP contribution in [-0.2, 0) is 15.0 Å². The predicted molar refractivity (Wildman–Crippen MR) is 73.4 cm³/mol. The first-order valence-corrected chi connectivity index (χ1v) is 6.78. The summed E-state index contributed by atoms with van der Waals surface area (Å²) in [7, 11) is 0. The zero-order valence-electron chi connectivity index (χ0n) is 11.9. The Kier molecular flexibility index (Phi) is 4.52. The first-order chi connectivity index (χ1) is 10.8. The second kappa shape index (κ2) is 6.23. The molecule has 0 aromatic heterocycles. The summed E-state index contributed by atoms with van der Waals surface area (Å²) in [5, 5.41) is 9.49. The Morgan fingerprint density at radius 2 is 1.78 bits per heavy atom. The van der Waals surface area contributed by atoms with Gasteiger partial charge >= 0.3 is 12.1 Å². The number of carbonyl (C=O) groups is 1. The van der Waals surface area contributed by atoms with Crippen molar-refractivity contribution in [2.24, 2.45) is 4.99 Å². The summed E-state index contributed by atoms with van der Waals surface area (Å²) in [4.78, 5) is 25.6. The number of nitriles is 1. The molecule has 1 aromatic rings. The standard InChI is InChI=1S/C15H12F3N3O2/c16-15(17,18)13(23)21-7-5-14(9-19,6-8-21)11-1-3-12(4-2-11)20-10-22/h1-4H,5-8H2. The Morgan fingerprint density at radius 3 is 2.22 bits per heavy atom. The Hall–Kier alpha value is -2.65. The maximum atomic E-state index is 12.5. The van der Waals surface area contributed by atoms with E-state index in [-0.39, 0.29) is 25.9 Å². The van der Waals surface area contributed by atoms with Gasteiger partial charge in [0.25, 0.3) is 0 Å². The van der Waals surface area contributed by atoms with Crippen molar-refractivity contribution in [1.82, 2.24) is 4.90 Å². The van der Waals surface area contributed by atoms with E-state index in [1.165, 1.54) is 18.2 Å². The fraction of sp³-hybridized carbons (Fsp3) is 0.400. The van der Waals surface area contributed by atoms with E-state index < -0.39 is 17.5 Å². The summed E-state index contributed by atoms with van der Waals surface area (Å²) in [6.45, 7) is -0.277. The molecule has 1 heterocycles. The largest absolute Gasteiger partial charge is 0.471 e. The number of hydrogen-bond acceptors (Lipinski definition) is 4. The second-order valence-electron chi connectivity index (χ2n) is 5.23. The van der Waals surface area contributed by atoms with E-state index in [9.17, 15) is 28.0 Å². The molecule has 1 saturated heterocycles. The topological polar surface area (TPSA) is 73.5 Å². The van der Waals surface area contributed by atoms with Crippen LogP contribution in [0.3, 0.4) is 0 Å². The fourth-order valence-electron chi connectivity index (χ4n) is 2.64. The number of benzene rings is 1. The predicted octanol–water partition coefficient (Wildman–Crippen LogP) is 2.60. The zero-order chi connectivity index (χ0) is 17.1. The van der Waals surface area contributed by atoms with E-state index in [1.807, 2.05) is 0 Å². The third-order valence-electron chi connectivity index (χ3n) is 3.96. The molecular weight excluding hydrogens is 311 g/mol. The van der Waals surface area contributed by atoms with Crippen molar-refractivity contribution in [1.29, 1.82) is 5.26 Å². The number of rotatable bonds is 2. The molecule has 5 nitrogen and oxygen atoms in total. The molecule has 120 valence electrons. The first kappa shape index (κ1) is 16.7. The van der Waals surface area contributed by atoms with Crippen LogP contribution >= 0.6 is 0 Å². The van der Waals surface area contributed by atoms with E-state index >= 15 is 0 Å². The van der Waals surface area contributed by atoms with Gasteiger partial charge in [-0.1, -0.05) is 12.1 Å². The molecule has 0 bridgehead atoms. The van der Waals surface area contributed by atoms with Gasteiger partial charge in [0.1, 0.15) is 0 Å². The van der Waals surface area contributed by atoms with Gasteiger partial charge in [-0.25, -0.2) is 4.79 Å². The van der Waals surface area contributed by atoms with Crippen molar-refractivity contribution in [3.05, 3.63) is 29.8 Å². The van der Waals surface area contributed by atoms with Gasteiger partial charge < -0.3 is 4.90 Å². The Labute approximate surface area is 130 Å². The number of likely N-dealkylation sites (tertiary alicyclic amines) is 1. The van der Waals surface area contributed by atoms with Gasteiger partial charge in [-0.15, -0.1) is 0 Å². The van der Waals surface area contributed by atoms with Crippen LogP contribution in [0.25, 0.3) is 0 Å². The minimum Gasteiger partial charge on any atom is -0.335 e. The van der Waals surface area contributed by atoms with Crippen LogP contribution in [0.2, 0.25) is 0 Å². The first-order valence-electron chi connectivity index (χ1n) is 6.78. The number of halogens is 3. The van der Waals surface area contributed by atoms with Gasteiger partial charge in [-0.05, 0) is 30.5 Å². The average Bonchev–Trinajstić information content (AvgIpc) is 2.54. The molecule has 1 fully saturated rings.